The SMILES string of the molecule is O=C(NCc1ccc(F)cc1)c1nc(N2CCS(O)(O)CCS2(O)O)c2cccnc2c1O. The van der Waals surface area contributed by atoms with Crippen molar-refractivity contribution in [2.75, 3.05) is 28.1 Å². The topological polar surface area (TPSA) is 159 Å². The van der Waals surface area contributed by atoms with Crippen molar-refractivity contribution in [3.05, 3.63) is 59.7 Å². The van der Waals surface area contributed by atoms with Gasteiger partial charge in [0, 0.05) is 18.1 Å². The maximum atomic E-state index is 13.1. The molecule has 10 nitrogen and oxygen atoms in total. The second kappa shape index (κ2) is 8.93. The quantitative estimate of drug-likeness (QED) is 0.316. The fraction of sp³-hybridized carbons (Fsp3) is 0.250. The molecular formula is C20H23FN4O6S2. The Balaban J connectivity index is 1.73. The summed E-state index contributed by atoms with van der Waals surface area (Å²) < 4.78 is 55.9. The fourth-order valence-electron chi connectivity index (χ4n) is 3.40. The summed E-state index contributed by atoms with van der Waals surface area (Å²) in [5.74, 6) is -2.23. The number of halogens is 1. The van der Waals surface area contributed by atoms with Crippen molar-refractivity contribution in [2.24, 2.45) is 0 Å². The lowest BCUT2D eigenvalue weighted by Crippen LogP contribution is -2.32. The molecule has 1 aliphatic rings. The van der Waals surface area contributed by atoms with E-state index in [4.69, 9.17) is 0 Å². The van der Waals surface area contributed by atoms with Gasteiger partial charge in [0.1, 0.15) is 11.3 Å². The lowest BCUT2D eigenvalue weighted by Gasteiger charge is -2.42. The van der Waals surface area contributed by atoms with Crippen molar-refractivity contribution in [3.63, 3.8) is 0 Å². The van der Waals surface area contributed by atoms with E-state index in [2.05, 4.69) is 15.3 Å². The second-order valence-electron chi connectivity index (χ2n) is 7.49. The van der Waals surface area contributed by atoms with Crippen LogP contribution in [-0.4, -0.2) is 63.0 Å². The smallest absolute Gasteiger partial charge is 0.274 e. The minimum absolute atomic E-state index is 0.0140. The Hall–Kier alpha value is -2.68. The van der Waals surface area contributed by atoms with Crippen LogP contribution in [0.15, 0.2) is 42.6 Å². The van der Waals surface area contributed by atoms with Crippen LogP contribution in [0.1, 0.15) is 16.1 Å². The Bertz CT molecular complexity index is 1200. The van der Waals surface area contributed by atoms with Crippen LogP contribution in [0, 0.1) is 5.82 Å². The summed E-state index contributed by atoms with van der Waals surface area (Å²) >= 11 is 0. The van der Waals surface area contributed by atoms with Crippen molar-refractivity contribution in [1.29, 1.82) is 0 Å². The van der Waals surface area contributed by atoms with Gasteiger partial charge in [0.05, 0.1) is 23.8 Å². The van der Waals surface area contributed by atoms with Crippen LogP contribution in [-0.2, 0) is 6.54 Å². The highest BCUT2D eigenvalue weighted by Gasteiger charge is 2.34. The molecule has 1 saturated heterocycles. The minimum atomic E-state index is -3.50. The molecule has 3 heterocycles. The number of carbonyl (C=O) groups is 1. The molecule has 4 rings (SSSR count). The minimum Gasteiger partial charge on any atom is -0.504 e. The monoisotopic (exact) mass is 498 g/mol. The van der Waals surface area contributed by atoms with Gasteiger partial charge in [0.25, 0.3) is 5.91 Å². The molecule has 3 aromatic rings. The highest BCUT2D eigenvalue weighted by molar-refractivity contribution is 8.28. The Morgan fingerprint density at radius 1 is 1.09 bits per heavy atom. The van der Waals surface area contributed by atoms with Crippen LogP contribution >= 0.6 is 21.4 Å². The zero-order valence-corrected chi connectivity index (χ0v) is 18.9. The second-order valence-corrected chi connectivity index (χ2v) is 12.0. The molecular weight excluding hydrogens is 475 g/mol. The molecule has 6 N–H and O–H groups in total. The summed E-state index contributed by atoms with van der Waals surface area (Å²) in [4.78, 5) is 21.2. The standard InChI is InChI=1S/C20H23FN4O6S2/c21-14-5-3-13(4-6-14)12-23-20(27)17-18(26)16-15(2-1-7-22-16)19(24-17)25-8-9-32(28,29)10-11-33(25,30)31/h1-7,26,28-31H,8-12H2,(H,23,27). The number of anilines is 1. The van der Waals surface area contributed by atoms with Crippen molar-refractivity contribution < 1.29 is 32.5 Å². The van der Waals surface area contributed by atoms with Crippen LogP contribution < -0.4 is 9.62 Å². The largest absolute Gasteiger partial charge is 0.504 e. The van der Waals surface area contributed by atoms with Gasteiger partial charge < -0.3 is 10.4 Å². The lowest BCUT2D eigenvalue weighted by atomic mass is 10.2. The number of pyridine rings is 2. The molecule has 0 bridgehead atoms. The fourth-order valence-corrected chi connectivity index (χ4v) is 7.18. The highest BCUT2D eigenvalue weighted by Crippen LogP contribution is 2.54. The average molecular weight is 499 g/mol. The molecule has 0 atom stereocenters. The Morgan fingerprint density at radius 2 is 1.82 bits per heavy atom. The van der Waals surface area contributed by atoms with Crippen molar-refractivity contribution in [2.45, 2.75) is 6.54 Å². The van der Waals surface area contributed by atoms with Gasteiger partial charge in [-0.3, -0.25) is 32.3 Å². The Labute approximate surface area is 191 Å². The van der Waals surface area contributed by atoms with E-state index in [9.17, 15) is 32.5 Å². The molecule has 0 aliphatic carbocycles. The number of benzene rings is 1. The van der Waals surface area contributed by atoms with Gasteiger partial charge in [-0.2, -0.15) is 10.6 Å². The average Bonchev–Trinajstić information content (AvgIpc) is 2.89. The molecule has 1 fully saturated rings. The van der Waals surface area contributed by atoms with Gasteiger partial charge in [0.2, 0.25) is 0 Å². The van der Waals surface area contributed by atoms with E-state index >= 15 is 0 Å². The number of nitrogens with zero attached hydrogens (tertiary/aromatic N) is 3. The summed E-state index contributed by atoms with van der Waals surface area (Å²) in [6.45, 7) is -0.0985. The molecule has 1 amide bonds. The molecule has 13 heteroatoms. The maximum absolute atomic E-state index is 13.1. The maximum Gasteiger partial charge on any atom is 0.274 e. The first kappa shape index (κ1) is 23.5. The van der Waals surface area contributed by atoms with Crippen molar-refractivity contribution >= 4 is 44.0 Å². The zero-order valence-electron chi connectivity index (χ0n) is 17.3. The van der Waals surface area contributed by atoms with Gasteiger partial charge in [-0.25, -0.2) is 9.37 Å². The van der Waals surface area contributed by atoms with Crippen LogP contribution in [0.5, 0.6) is 5.75 Å². The molecule has 1 aliphatic heterocycles. The molecule has 2 aromatic heterocycles. The van der Waals surface area contributed by atoms with E-state index < -0.39 is 38.8 Å². The van der Waals surface area contributed by atoms with Gasteiger partial charge >= 0.3 is 0 Å². The number of nitrogens with one attached hydrogen (secondary N) is 1. The number of rotatable bonds is 4. The Morgan fingerprint density at radius 3 is 2.55 bits per heavy atom. The van der Waals surface area contributed by atoms with Crippen LogP contribution in [0.25, 0.3) is 10.9 Å². The lowest BCUT2D eigenvalue weighted by molar-refractivity contribution is 0.0943. The van der Waals surface area contributed by atoms with E-state index in [0.717, 1.165) is 4.31 Å². The molecule has 33 heavy (non-hydrogen) atoms. The number of amides is 1. The predicted octanol–water partition coefficient (Wildman–Crippen LogP) is 3.64. The normalized spacial score (nSPS) is 19.5. The number of fused-ring (bicyclic) bond motifs is 1. The molecule has 0 saturated carbocycles. The van der Waals surface area contributed by atoms with E-state index in [-0.39, 0.29) is 52.8 Å². The number of hydrogen-bond donors (Lipinski definition) is 6. The molecule has 0 unspecified atom stereocenters. The first-order valence-corrected chi connectivity index (χ1v) is 13.4. The summed E-state index contributed by atoms with van der Waals surface area (Å²) in [6.07, 6.45) is 1.41. The summed E-state index contributed by atoms with van der Waals surface area (Å²) in [7, 11) is -6.50. The third kappa shape index (κ3) is 4.98. The van der Waals surface area contributed by atoms with Crippen LogP contribution in [0.3, 0.4) is 0 Å². The van der Waals surface area contributed by atoms with Crippen molar-refractivity contribution in [3.8, 4) is 5.75 Å². The van der Waals surface area contributed by atoms with Crippen molar-refractivity contribution in [1.82, 2.24) is 15.3 Å². The summed E-state index contributed by atoms with van der Waals surface area (Å²) in [5.41, 5.74) is 0.264. The predicted molar refractivity (Wildman–Crippen MR) is 126 cm³/mol. The highest BCUT2D eigenvalue weighted by atomic mass is 32.3. The molecule has 1 aromatic carbocycles. The van der Waals surface area contributed by atoms with Crippen LogP contribution in [0.2, 0.25) is 0 Å². The number of hydrogen-bond acceptors (Lipinski definition) is 9. The number of aromatic hydroxyl groups is 1. The number of aromatic nitrogens is 2. The zero-order chi connectivity index (χ0) is 23.8. The van der Waals surface area contributed by atoms with E-state index in [1.807, 2.05) is 0 Å². The van der Waals surface area contributed by atoms with E-state index in [1.165, 1.54) is 30.5 Å². The third-order valence-electron chi connectivity index (χ3n) is 5.19. The molecule has 0 spiro atoms. The first-order valence-electron chi connectivity index (χ1n) is 9.85. The van der Waals surface area contributed by atoms with Gasteiger partial charge in [-0.1, -0.05) is 12.1 Å². The van der Waals surface area contributed by atoms with Crippen LogP contribution in [0.4, 0.5) is 10.2 Å². The molecule has 0 radical (unpaired) electrons. The summed E-state index contributed by atoms with van der Waals surface area (Å²) in [6, 6.07) is 8.64. The number of carbonyl (C=O) groups excluding carboxylic acids is 1. The van der Waals surface area contributed by atoms with E-state index in [1.54, 1.807) is 12.1 Å². The first-order chi connectivity index (χ1) is 15.6. The third-order valence-corrected chi connectivity index (χ3v) is 8.96. The van der Waals surface area contributed by atoms with Gasteiger partial charge in [-0.05, 0) is 29.8 Å². The Kier molecular flexibility index (Phi) is 6.35. The van der Waals surface area contributed by atoms with E-state index in [0.29, 0.717) is 5.56 Å². The summed E-state index contributed by atoms with van der Waals surface area (Å²) in [5, 5.41) is 13.6. The molecule has 178 valence electrons. The van der Waals surface area contributed by atoms with Gasteiger partial charge in [-0.15, -0.1) is 10.8 Å². The van der Waals surface area contributed by atoms with Gasteiger partial charge in [0.15, 0.2) is 17.3 Å².